The van der Waals surface area contributed by atoms with Crippen LogP contribution < -0.4 is 0 Å². The number of aromatic nitrogens is 3. The van der Waals surface area contributed by atoms with Gasteiger partial charge in [-0.05, 0) is 116 Å². The lowest BCUT2D eigenvalue weighted by Gasteiger charge is -2.23. The molecule has 0 amide bonds. The highest BCUT2D eigenvalue weighted by atomic mass is 16.3. The van der Waals surface area contributed by atoms with Crippen molar-refractivity contribution in [3.05, 3.63) is 193 Å². The van der Waals surface area contributed by atoms with E-state index in [0.717, 1.165) is 72.5 Å². The van der Waals surface area contributed by atoms with E-state index in [0.29, 0.717) is 11.4 Å². The number of phenolic OH excluding ortho intramolecular Hbond substituents is 1. The first-order valence-electron chi connectivity index (χ1n) is 20.4. The number of pyridine rings is 1. The van der Waals surface area contributed by atoms with Gasteiger partial charge in [-0.25, -0.2) is 4.98 Å². The van der Waals surface area contributed by atoms with E-state index < -0.39 is 0 Å². The lowest BCUT2D eigenvalue weighted by atomic mass is 9.82. The zero-order valence-corrected chi connectivity index (χ0v) is 34.0. The predicted octanol–water partition coefficient (Wildman–Crippen LogP) is 14.1. The van der Waals surface area contributed by atoms with E-state index in [1.54, 1.807) is 0 Å². The normalized spacial score (nSPS) is 13.0. The van der Waals surface area contributed by atoms with Gasteiger partial charge in [0.15, 0.2) is 0 Å². The number of fused-ring (bicyclic) bond motifs is 4. The Morgan fingerprint density at radius 2 is 1.19 bits per heavy atom. The summed E-state index contributed by atoms with van der Waals surface area (Å²) in [6, 6.07) is 59.8. The second kappa shape index (κ2) is 13.8. The zero-order valence-electron chi connectivity index (χ0n) is 34.0. The molecule has 0 bridgehead atoms. The van der Waals surface area contributed by atoms with Gasteiger partial charge < -0.3 is 5.11 Å². The Bertz CT molecular complexity index is 2990. The van der Waals surface area contributed by atoms with Crippen LogP contribution in [0.1, 0.15) is 51.3 Å². The van der Waals surface area contributed by atoms with Gasteiger partial charge in [0.1, 0.15) is 11.6 Å². The molecule has 0 saturated heterocycles. The first kappa shape index (κ1) is 36.3. The molecule has 4 nitrogen and oxygen atoms in total. The Balaban J connectivity index is 1.29. The molecule has 2 heterocycles. The number of hydrogen-bond acceptors (Lipinski definition) is 3. The lowest BCUT2D eigenvalue weighted by molar-refractivity contribution is 0.474. The maximum atomic E-state index is 12.2. The van der Waals surface area contributed by atoms with E-state index in [-0.39, 0.29) is 16.6 Å². The van der Waals surface area contributed by atoms with E-state index in [1.807, 2.05) is 30.5 Å². The predicted molar refractivity (Wildman–Crippen MR) is 244 cm³/mol. The second-order valence-corrected chi connectivity index (χ2v) is 17.3. The van der Waals surface area contributed by atoms with Gasteiger partial charge in [0.25, 0.3) is 0 Å². The fourth-order valence-corrected chi connectivity index (χ4v) is 8.98. The Morgan fingerprint density at radius 3 is 1.93 bits per heavy atom. The van der Waals surface area contributed by atoms with Crippen LogP contribution in [0.3, 0.4) is 0 Å². The van der Waals surface area contributed by atoms with Crippen LogP contribution in [0.25, 0.3) is 83.9 Å². The van der Waals surface area contributed by atoms with Gasteiger partial charge in [-0.2, -0.15) is 0 Å². The van der Waals surface area contributed by atoms with Crippen LogP contribution in [0.2, 0.25) is 0 Å². The molecule has 286 valence electrons. The van der Waals surface area contributed by atoms with Crippen molar-refractivity contribution in [3.8, 4) is 78.6 Å². The van der Waals surface area contributed by atoms with Crippen molar-refractivity contribution < 1.29 is 5.11 Å². The van der Waals surface area contributed by atoms with Gasteiger partial charge >= 0.3 is 0 Å². The molecule has 0 fully saturated rings. The Hall–Kier alpha value is -7.04. The van der Waals surface area contributed by atoms with Crippen LogP contribution in [0, 0.1) is 0 Å². The largest absolute Gasteiger partial charge is 0.507 e. The van der Waals surface area contributed by atoms with E-state index in [4.69, 9.17) is 9.97 Å². The third-order valence-electron chi connectivity index (χ3n) is 12.1. The number of phenols is 1. The number of hydrogen-bond donors (Lipinski definition) is 1. The number of imidazole rings is 1. The van der Waals surface area contributed by atoms with E-state index in [2.05, 4.69) is 185 Å². The Kier molecular flexibility index (Phi) is 8.50. The number of para-hydroxylation sites is 1. The van der Waals surface area contributed by atoms with Crippen molar-refractivity contribution in [1.82, 2.24) is 14.5 Å². The molecule has 1 aliphatic carbocycles. The standard InChI is InChI=1S/C55H45N3O/c1-54(2,3)40-26-27-49(43(32-40)36-19-10-7-11-20-36)58-50-25-16-22-41(38-29-37(35-17-8-6-9-18-35)30-39(31-38)48-24-14-15-28-56-48)52(50)57-53(58)45-33-44-42-21-12-13-23-46(42)55(4,5)47(44)34-51(45)59/h6-34,59H,1-5H3. The molecule has 0 spiro atoms. The highest BCUT2D eigenvalue weighted by Crippen LogP contribution is 2.52. The third kappa shape index (κ3) is 6.15. The second-order valence-electron chi connectivity index (χ2n) is 17.3. The monoisotopic (exact) mass is 763 g/mol. The van der Waals surface area contributed by atoms with E-state index in [1.165, 1.54) is 16.7 Å². The first-order chi connectivity index (χ1) is 28.6. The average molecular weight is 764 g/mol. The van der Waals surface area contributed by atoms with Crippen molar-refractivity contribution >= 4 is 11.0 Å². The SMILES string of the molecule is CC(C)(C)c1ccc(-n2c(-c3cc4c(cc3O)C(C)(C)c3ccccc3-4)nc3c(-c4cc(-c5ccccc5)cc(-c5ccccn5)c4)cccc32)c(-c2ccccc2)c1. The maximum absolute atomic E-state index is 12.2. The van der Waals surface area contributed by atoms with Crippen LogP contribution in [0.4, 0.5) is 0 Å². The topological polar surface area (TPSA) is 50.9 Å². The number of rotatable bonds is 6. The molecule has 59 heavy (non-hydrogen) atoms. The molecule has 1 aliphatic rings. The Morgan fingerprint density at radius 1 is 0.508 bits per heavy atom. The minimum atomic E-state index is -0.256. The molecule has 0 unspecified atom stereocenters. The zero-order chi connectivity index (χ0) is 40.5. The number of benzene rings is 7. The highest BCUT2D eigenvalue weighted by molar-refractivity contribution is 5.99. The molecular formula is C55H45N3O. The fraction of sp³-hybridized carbons (Fsp3) is 0.127. The van der Waals surface area contributed by atoms with E-state index in [9.17, 15) is 5.11 Å². The summed E-state index contributed by atoms with van der Waals surface area (Å²) in [5.74, 6) is 0.888. The summed E-state index contributed by atoms with van der Waals surface area (Å²) < 4.78 is 2.27. The lowest BCUT2D eigenvalue weighted by Crippen LogP contribution is -2.14. The van der Waals surface area contributed by atoms with Crippen LogP contribution in [0.5, 0.6) is 5.75 Å². The minimum absolute atomic E-state index is 0.0669. The molecule has 7 aromatic carbocycles. The van der Waals surface area contributed by atoms with Crippen molar-refractivity contribution in [1.29, 1.82) is 0 Å². The minimum Gasteiger partial charge on any atom is -0.507 e. The quantitative estimate of drug-likeness (QED) is 0.183. The van der Waals surface area contributed by atoms with Crippen molar-refractivity contribution in [3.63, 3.8) is 0 Å². The van der Waals surface area contributed by atoms with Crippen LogP contribution in [0.15, 0.2) is 176 Å². The van der Waals surface area contributed by atoms with Gasteiger partial charge in [0.05, 0.1) is 28.0 Å². The third-order valence-corrected chi connectivity index (χ3v) is 12.1. The average Bonchev–Trinajstić information content (AvgIpc) is 3.75. The molecule has 0 radical (unpaired) electrons. The van der Waals surface area contributed by atoms with Crippen LogP contribution in [-0.4, -0.2) is 19.6 Å². The summed E-state index contributed by atoms with van der Waals surface area (Å²) >= 11 is 0. The maximum Gasteiger partial charge on any atom is 0.149 e. The molecule has 2 aromatic heterocycles. The molecule has 0 atom stereocenters. The number of aromatic hydroxyl groups is 1. The van der Waals surface area contributed by atoms with Gasteiger partial charge in [-0.3, -0.25) is 9.55 Å². The molecule has 4 heteroatoms. The van der Waals surface area contributed by atoms with Crippen molar-refractivity contribution in [2.24, 2.45) is 0 Å². The number of nitrogens with zero attached hydrogens (tertiary/aromatic N) is 3. The van der Waals surface area contributed by atoms with Gasteiger partial charge in [0, 0.05) is 28.3 Å². The smallest absolute Gasteiger partial charge is 0.149 e. The summed E-state index contributed by atoms with van der Waals surface area (Å²) in [7, 11) is 0. The molecule has 9 aromatic rings. The molecule has 0 aliphatic heterocycles. The molecular weight excluding hydrogens is 719 g/mol. The van der Waals surface area contributed by atoms with Crippen molar-refractivity contribution in [2.45, 2.75) is 45.4 Å². The summed E-state index contributed by atoms with van der Waals surface area (Å²) in [6.45, 7) is 11.2. The summed E-state index contributed by atoms with van der Waals surface area (Å²) in [5, 5.41) is 12.2. The van der Waals surface area contributed by atoms with Gasteiger partial charge in [-0.1, -0.05) is 144 Å². The summed E-state index contributed by atoms with van der Waals surface area (Å²) in [6.07, 6.45) is 1.84. The van der Waals surface area contributed by atoms with Gasteiger partial charge in [-0.15, -0.1) is 0 Å². The van der Waals surface area contributed by atoms with Crippen molar-refractivity contribution in [2.75, 3.05) is 0 Å². The fourth-order valence-electron chi connectivity index (χ4n) is 8.98. The van der Waals surface area contributed by atoms with E-state index >= 15 is 0 Å². The van der Waals surface area contributed by atoms with Crippen LogP contribution >= 0.6 is 0 Å². The highest BCUT2D eigenvalue weighted by Gasteiger charge is 2.37. The molecule has 0 saturated carbocycles. The summed E-state index contributed by atoms with van der Waals surface area (Å²) in [5.41, 5.74) is 17.5. The Labute approximate surface area is 346 Å². The van der Waals surface area contributed by atoms with Gasteiger partial charge in [0.2, 0.25) is 0 Å². The van der Waals surface area contributed by atoms with Crippen LogP contribution in [-0.2, 0) is 10.8 Å². The first-order valence-corrected chi connectivity index (χ1v) is 20.4. The molecule has 1 N–H and O–H groups in total. The summed E-state index contributed by atoms with van der Waals surface area (Å²) in [4.78, 5) is 10.4. The molecule has 10 rings (SSSR count).